The second-order valence-electron chi connectivity index (χ2n) is 6.76. The maximum atomic E-state index is 12.8. The van der Waals surface area contributed by atoms with Gasteiger partial charge < -0.3 is 10.1 Å². The molecule has 0 unspecified atom stereocenters. The molecule has 27 heavy (non-hydrogen) atoms. The average Bonchev–Trinajstić information content (AvgIpc) is 2.66. The summed E-state index contributed by atoms with van der Waals surface area (Å²) in [5.74, 6) is -1.01. The molecule has 0 bridgehead atoms. The third-order valence-corrected chi connectivity index (χ3v) is 6.65. The highest BCUT2D eigenvalue weighted by Crippen LogP contribution is 2.25. The number of carbonyl (C=O) groups excluding carboxylic acids is 2. The second kappa shape index (κ2) is 9.85. The average molecular weight is 397 g/mol. The summed E-state index contributed by atoms with van der Waals surface area (Å²) in [6.45, 7) is 4.64. The third-order valence-electron chi connectivity index (χ3n) is 4.63. The van der Waals surface area contributed by atoms with Crippen LogP contribution in [0, 0.1) is 0 Å². The quantitative estimate of drug-likeness (QED) is 0.538. The number of nitrogens with zero attached hydrogens (tertiary/aromatic N) is 1. The number of benzene rings is 1. The van der Waals surface area contributed by atoms with Gasteiger partial charge >= 0.3 is 5.97 Å². The van der Waals surface area contributed by atoms with Crippen LogP contribution in [-0.4, -0.2) is 50.3 Å². The predicted molar refractivity (Wildman–Crippen MR) is 102 cm³/mol. The van der Waals surface area contributed by atoms with Crippen LogP contribution in [0.5, 0.6) is 0 Å². The molecule has 8 heteroatoms. The number of hydrogen-bond donors (Lipinski definition) is 1. The van der Waals surface area contributed by atoms with Gasteiger partial charge in [-0.25, -0.2) is 13.2 Å². The van der Waals surface area contributed by atoms with Gasteiger partial charge in [-0.15, -0.1) is 0 Å². The molecule has 0 radical (unpaired) electrons. The van der Waals surface area contributed by atoms with Gasteiger partial charge in [-0.1, -0.05) is 19.8 Å². The topological polar surface area (TPSA) is 92.8 Å². The molecule has 1 aliphatic rings. The zero-order chi connectivity index (χ0) is 19.9. The maximum Gasteiger partial charge on any atom is 0.338 e. The van der Waals surface area contributed by atoms with Crippen LogP contribution in [0.3, 0.4) is 0 Å². The fraction of sp³-hybridized carbons (Fsp3) is 0.579. The van der Waals surface area contributed by atoms with Gasteiger partial charge in [0.2, 0.25) is 10.0 Å². The third kappa shape index (κ3) is 5.77. The lowest BCUT2D eigenvalue weighted by molar-refractivity contribution is -0.124. The first kappa shape index (κ1) is 21.4. The van der Waals surface area contributed by atoms with Gasteiger partial charge in [0, 0.05) is 19.1 Å². The molecule has 1 heterocycles. The number of piperidine rings is 1. The van der Waals surface area contributed by atoms with Gasteiger partial charge in [-0.3, -0.25) is 4.79 Å². The van der Waals surface area contributed by atoms with Crippen molar-refractivity contribution >= 4 is 21.9 Å². The first-order valence-corrected chi connectivity index (χ1v) is 10.9. The van der Waals surface area contributed by atoms with E-state index < -0.39 is 16.0 Å². The lowest BCUT2D eigenvalue weighted by Crippen LogP contribution is -2.41. The van der Waals surface area contributed by atoms with Crippen molar-refractivity contribution in [1.29, 1.82) is 0 Å². The van der Waals surface area contributed by atoms with Gasteiger partial charge in [-0.2, -0.15) is 4.31 Å². The van der Waals surface area contributed by atoms with E-state index in [4.69, 9.17) is 4.74 Å². The fourth-order valence-electron chi connectivity index (χ4n) is 3.00. The van der Waals surface area contributed by atoms with Gasteiger partial charge in [0.05, 0.1) is 10.5 Å². The largest absolute Gasteiger partial charge is 0.452 e. The van der Waals surface area contributed by atoms with Crippen molar-refractivity contribution in [2.24, 2.45) is 0 Å². The Kier molecular flexibility index (Phi) is 7.79. The van der Waals surface area contributed by atoms with Crippen molar-refractivity contribution in [2.75, 3.05) is 19.7 Å². The van der Waals surface area contributed by atoms with Crippen LogP contribution in [0.15, 0.2) is 29.2 Å². The second-order valence-corrected chi connectivity index (χ2v) is 8.66. The van der Waals surface area contributed by atoms with Gasteiger partial charge in [0.15, 0.2) is 6.61 Å². The zero-order valence-corrected chi connectivity index (χ0v) is 16.8. The minimum atomic E-state index is -3.58. The lowest BCUT2D eigenvalue weighted by Gasteiger charge is -2.32. The molecule has 1 aromatic carbocycles. The predicted octanol–water partition coefficient (Wildman–Crippen LogP) is 2.32. The highest BCUT2D eigenvalue weighted by Gasteiger charge is 2.30. The van der Waals surface area contributed by atoms with Crippen molar-refractivity contribution in [3.05, 3.63) is 29.8 Å². The Balaban J connectivity index is 1.95. The van der Waals surface area contributed by atoms with Gasteiger partial charge in [0.1, 0.15) is 0 Å². The molecule has 0 spiro atoms. The van der Waals surface area contributed by atoms with Crippen molar-refractivity contribution in [1.82, 2.24) is 9.62 Å². The number of carbonyl (C=O) groups is 2. The SMILES string of the molecule is CCCCNC(=O)COC(=O)c1ccc(S(=O)(=O)N2CCCC[C@H]2C)cc1. The number of sulfonamides is 1. The van der Waals surface area contributed by atoms with E-state index in [-0.39, 0.29) is 29.0 Å². The smallest absolute Gasteiger partial charge is 0.338 e. The van der Waals surface area contributed by atoms with E-state index in [1.807, 2.05) is 13.8 Å². The van der Waals surface area contributed by atoms with Crippen LogP contribution >= 0.6 is 0 Å². The molecule has 1 saturated heterocycles. The molecule has 150 valence electrons. The van der Waals surface area contributed by atoms with Crippen molar-refractivity contribution in [3.8, 4) is 0 Å². The number of nitrogens with one attached hydrogen (secondary N) is 1. The van der Waals surface area contributed by atoms with Crippen LogP contribution in [0.1, 0.15) is 56.3 Å². The number of esters is 1. The van der Waals surface area contributed by atoms with Crippen molar-refractivity contribution in [3.63, 3.8) is 0 Å². The van der Waals surface area contributed by atoms with Crippen LogP contribution < -0.4 is 5.32 Å². The summed E-state index contributed by atoms with van der Waals surface area (Å²) in [5, 5.41) is 2.66. The van der Waals surface area contributed by atoms with Crippen molar-refractivity contribution < 1.29 is 22.7 Å². The number of unbranched alkanes of at least 4 members (excludes halogenated alkanes) is 1. The molecule has 1 amide bonds. The number of amides is 1. The first-order valence-electron chi connectivity index (χ1n) is 9.42. The van der Waals surface area contributed by atoms with Crippen LogP contribution in [0.2, 0.25) is 0 Å². The molecule has 1 aliphatic heterocycles. The Bertz CT molecular complexity index is 746. The van der Waals surface area contributed by atoms with E-state index in [2.05, 4.69) is 5.32 Å². The Morgan fingerprint density at radius 1 is 1.22 bits per heavy atom. The summed E-state index contributed by atoms with van der Waals surface area (Å²) in [6, 6.07) is 5.63. The summed E-state index contributed by atoms with van der Waals surface area (Å²) >= 11 is 0. The molecule has 0 aliphatic carbocycles. The Labute approximate surface area is 161 Å². The molecule has 1 fully saturated rings. The van der Waals surface area contributed by atoms with E-state index in [9.17, 15) is 18.0 Å². The summed E-state index contributed by atoms with van der Waals surface area (Å²) in [4.78, 5) is 23.8. The van der Waals surface area contributed by atoms with Crippen molar-refractivity contribution in [2.45, 2.75) is 56.9 Å². The summed E-state index contributed by atoms with van der Waals surface area (Å²) in [7, 11) is -3.58. The normalized spacial score (nSPS) is 18.1. The molecule has 0 aromatic heterocycles. The highest BCUT2D eigenvalue weighted by atomic mass is 32.2. The number of hydrogen-bond acceptors (Lipinski definition) is 5. The van der Waals surface area contributed by atoms with Crippen LogP contribution in [-0.2, 0) is 19.6 Å². The monoisotopic (exact) mass is 396 g/mol. The highest BCUT2D eigenvalue weighted by molar-refractivity contribution is 7.89. The molecule has 2 rings (SSSR count). The van der Waals surface area contributed by atoms with Gasteiger partial charge in [0.25, 0.3) is 5.91 Å². The first-order chi connectivity index (χ1) is 12.9. The Hall–Kier alpha value is -1.93. The van der Waals surface area contributed by atoms with E-state index in [0.717, 1.165) is 32.1 Å². The molecule has 1 atom stereocenters. The molecule has 0 saturated carbocycles. The zero-order valence-electron chi connectivity index (χ0n) is 15.9. The standard InChI is InChI=1S/C19H28N2O5S/c1-3-4-12-20-18(22)14-26-19(23)16-8-10-17(11-9-16)27(24,25)21-13-6-5-7-15(21)2/h8-11,15H,3-7,12-14H2,1-2H3,(H,20,22)/t15-/m1/s1. The minimum Gasteiger partial charge on any atom is -0.452 e. The molecule has 7 nitrogen and oxygen atoms in total. The van der Waals surface area contributed by atoms with Crippen LogP contribution in [0.25, 0.3) is 0 Å². The minimum absolute atomic E-state index is 0.0281. The molecular weight excluding hydrogens is 368 g/mol. The molecule has 1 aromatic rings. The number of ether oxygens (including phenoxy) is 1. The fourth-order valence-corrected chi connectivity index (χ4v) is 4.70. The lowest BCUT2D eigenvalue weighted by atomic mass is 10.1. The van der Waals surface area contributed by atoms with E-state index in [0.29, 0.717) is 13.1 Å². The van der Waals surface area contributed by atoms with Gasteiger partial charge in [-0.05, 0) is 50.5 Å². The van der Waals surface area contributed by atoms with E-state index in [1.54, 1.807) is 0 Å². The number of rotatable bonds is 8. The summed E-state index contributed by atoms with van der Waals surface area (Å²) in [5.41, 5.74) is 0.210. The van der Waals surface area contributed by atoms with E-state index in [1.165, 1.54) is 28.6 Å². The summed E-state index contributed by atoms with van der Waals surface area (Å²) < 4.78 is 32.0. The molecule has 1 N–H and O–H groups in total. The summed E-state index contributed by atoms with van der Waals surface area (Å²) in [6.07, 6.45) is 4.57. The molecular formula is C19H28N2O5S. The Morgan fingerprint density at radius 2 is 1.93 bits per heavy atom. The van der Waals surface area contributed by atoms with E-state index >= 15 is 0 Å². The van der Waals surface area contributed by atoms with Crippen LogP contribution in [0.4, 0.5) is 0 Å². The Morgan fingerprint density at radius 3 is 2.56 bits per heavy atom. The maximum absolute atomic E-state index is 12.8.